The summed E-state index contributed by atoms with van der Waals surface area (Å²) >= 11 is 6.16. The van der Waals surface area contributed by atoms with Crippen LogP contribution >= 0.6 is 11.6 Å². The Morgan fingerprint density at radius 1 is 1.12 bits per heavy atom. The summed E-state index contributed by atoms with van der Waals surface area (Å²) in [6.45, 7) is 0. The second-order valence-electron chi connectivity index (χ2n) is 5.31. The minimum Gasteiger partial charge on any atom is -0.372 e. The predicted octanol–water partition coefficient (Wildman–Crippen LogP) is 4.98. The molecule has 1 unspecified atom stereocenters. The quantitative estimate of drug-likeness (QED) is 0.516. The maximum Gasteiger partial charge on any atom is 0.271 e. The minimum absolute atomic E-state index is 0.101. The Labute approximate surface area is 148 Å². The molecule has 0 aliphatic heterocycles. The molecule has 0 aliphatic rings. The van der Waals surface area contributed by atoms with Crippen LogP contribution in [0.3, 0.4) is 0 Å². The van der Waals surface area contributed by atoms with E-state index in [9.17, 15) is 14.5 Å². The van der Waals surface area contributed by atoms with Crippen LogP contribution in [0.4, 0.5) is 15.8 Å². The molecule has 0 radical (unpaired) electrons. The average Bonchev–Trinajstić information content (AvgIpc) is 2.61. The highest BCUT2D eigenvalue weighted by molar-refractivity contribution is 6.33. The summed E-state index contributed by atoms with van der Waals surface area (Å²) in [6, 6.07) is 15.3. The van der Waals surface area contributed by atoms with E-state index in [4.69, 9.17) is 11.6 Å². The molecule has 1 N–H and O–H groups in total. The summed E-state index contributed by atoms with van der Waals surface area (Å²) in [7, 11) is 0. The highest BCUT2D eigenvalue weighted by Crippen LogP contribution is 2.32. The van der Waals surface area contributed by atoms with Gasteiger partial charge in [-0.2, -0.15) is 0 Å². The molecule has 3 rings (SSSR count). The van der Waals surface area contributed by atoms with Gasteiger partial charge in [-0.25, -0.2) is 4.39 Å². The third-order valence-corrected chi connectivity index (χ3v) is 3.94. The van der Waals surface area contributed by atoms with Crippen LogP contribution in [0.25, 0.3) is 0 Å². The maximum absolute atomic E-state index is 13.7. The van der Waals surface area contributed by atoms with Gasteiger partial charge >= 0.3 is 0 Å². The van der Waals surface area contributed by atoms with E-state index in [1.165, 1.54) is 30.3 Å². The van der Waals surface area contributed by atoms with Gasteiger partial charge < -0.3 is 5.32 Å². The van der Waals surface area contributed by atoms with Crippen molar-refractivity contribution in [2.24, 2.45) is 0 Å². The van der Waals surface area contributed by atoms with E-state index < -0.39 is 11.0 Å². The largest absolute Gasteiger partial charge is 0.372 e. The molecule has 0 saturated heterocycles. The van der Waals surface area contributed by atoms with Crippen LogP contribution in [0.15, 0.2) is 66.9 Å². The van der Waals surface area contributed by atoms with Gasteiger partial charge in [0.1, 0.15) is 5.82 Å². The Morgan fingerprint density at radius 2 is 1.96 bits per heavy atom. The molecule has 5 nitrogen and oxygen atoms in total. The lowest BCUT2D eigenvalue weighted by Crippen LogP contribution is -2.14. The summed E-state index contributed by atoms with van der Waals surface area (Å²) in [4.78, 5) is 14.6. The number of nitro groups is 1. The Balaban J connectivity index is 2.00. The first kappa shape index (κ1) is 16.9. The van der Waals surface area contributed by atoms with Gasteiger partial charge in [-0.1, -0.05) is 29.8 Å². The van der Waals surface area contributed by atoms with Crippen molar-refractivity contribution in [2.45, 2.75) is 6.04 Å². The van der Waals surface area contributed by atoms with E-state index in [0.717, 1.165) is 0 Å². The first-order valence-corrected chi connectivity index (χ1v) is 7.79. The normalized spacial score (nSPS) is 11.8. The van der Waals surface area contributed by atoms with E-state index >= 15 is 0 Å². The van der Waals surface area contributed by atoms with Gasteiger partial charge in [0.2, 0.25) is 0 Å². The third kappa shape index (κ3) is 3.92. The van der Waals surface area contributed by atoms with Gasteiger partial charge in [0.25, 0.3) is 5.69 Å². The molecule has 1 heterocycles. The smallest absolute Gasteiger partial charge is 0.271 e. The van der Waals surface area contributed by atoms with Gasteiger partial charge in [-0.15, -0.1) is 0 Å². The zero-order chi connectivity index (χ0) is 17.8. The Hall–Kier alpha value is -2.99. The molecular weight excluding hydrogens is 345 g/mol. The summed E-state index contributed by atoms with van der Waals surface area (Å²) in [6.07, 6.45) is 1.64. The number of nitrogens with one attached hydrogen (secondary N) is 1. The molecule has 1 atom stereocenters. The number of aromatic nitrogens is 1. The number of non-ortho nitro benzene ring substituents is 1. The van der Waals surface area contributed by atoms with Crippen molar-refractivity contribution in [3.8, 4) is 0 Å². The maximum atomic E-state index is 13.7. The van der Waals surface area contributed by atoms with Crippen LogP contribution in [-0.4, -0.2) is 9.91 Å². The molecule has 0 aliphatic carbocycles. The van der Waals surface area contributed by atoms with Crippen molar-refractivity contribution >= 4 is 23.0 Å². The Morgan fingerprint density at radius 3 is 2.60 bits per heavy atom. The highest BCUT2D eigenvalue weighted by Gasteiger charge is 2.18. The fraction of sp³-hybridized carbons (Fsp3) is 0.0556. The number of hydrogen-bond donors (Lipinski definition) is 1. The van der Waals surface area contributed by atoms with Crippen molar-refractivity contribution in [2.75, 3.05) is 5.32 Å². The minimum atomic E-state index is -0.515. The van der Waals surface area contributed by atoms with E-state index in [1.54, 1.807) is 24.4 Å². The van der Waals surface area contributed by atoms with Crippen LogP contribution in [0.2, 0.25) is 5.02 Å². The van der Waals surface area contributed by atoms with Gasteiger partial charge in [0, 0.05) is 18.3 Å². The molecule has 0 saturated carbocycles. The molecule has 0 bridgehead atoms. The zero-order valence-corrected chi connectivity index (χ0v) is 13.7. The molecule has 2 aromatic carbocycles. The van der Waals surface area contributed by atoms with E-state index in [0.29, 0.717) is 16.9 Å². The number of nitro benzene ring substituents is 1. The van der Waals surface area contributed by atoms with Crippen LogP contribution in [-0.2, 0) is 0 Å². The molecule has 126 valence electrons. The molecule has 0 fully saturated rings. The van der Waals surface area contributed by atoms with Crippen LogP contribution in [0, 0.1) is 15.9 Å². The first-order chi connectivity index (χ1) is 12.0. The van der Waals surface area contributed by atoms with Gasteiger partial charge in [0.15, 0.2) is 0 Å². The lowest BCUT2D eigenvalue weighted by molar-refractivity contribution is -0.384. The summed E-state index contributed by atoms with van der Waals surface area (Å²) in [5.41, 5.74) is 1.72. The predicted molar refractivity (Wildman–Crippen MR) is 94.2 cm³/mol. The topological polar surface area (TPSA) is 68.1 Å². The van der Waals surface area contributed by atoms with Crippen molar-refractivity contribution in [1.82, 2.24) is 4.98 Å². The standard InChI is InChI=1S/C18H13ClFN3O2/c19-15-11-14(23(24)25)7-8-16(15)22-18(17-6-1-2-9-21-17)12-4-3-5-13(20)10-12/h1-11,18,22H. The van der Waals surface area contributed by atoms with Gasteiger partial charge in [-0.3, -0.25) is 15.1 Å². The molecule has 7 heteroatoms. The van der Waals surface area contributed by atoms with Crippen molar-refractivity contribution in [3.05, 3.63) is 99.1 Å². The van der Waals surface area contributed by atoms with E-state index in [-0.39, 0.29) is 16.5 Å². The number of nitrogens with zero attached hydrogens (tertiary/aromatic N) is 2. The summed E-state index contributed by atoms with van der Waals surface area (Å²) < 4.78 is 13.7. The van der Waals surface area contributed by atoms with Gasteiger partial charge in [-0.05, 0) is 35.9 Å². The second kappa shape index (κ2) is 7.27. The molecular formula is C18H13ClFN3O2. The fourth-order valence-electron chi connectivity index (χ4n) is 2.45. The highest BCUT2D eigenvalue weighted by atomic mass is 35.5. The Kier molecular flexibility index (Phi) is 4.90. The lowest BCUT2D eigenvalue weighted by Gasteiger charge is -2.21. The van der Waals surface area contributed by atoms with E-state index in [2.05, 4.69) is 10.3 Å². The number of benzene rings is 2. The SMILES string of the molecule is O=[N+]([O-])c1ccc(NC(c2cccc(F)c2)c2ccccn2)c(Cl)c1. The number of hydrogen-bond acceptors (Lipinski definition) is 4. The molecule has 3 aromatic rings. The van der Waals surface area contributed by atoms with Crippen molar-refractivity contribution < 1.29 is 9.31 Å². The summed E-state index contributed by atoms with van der Waals surface area (Å²) in [5.74, 6) is -0.366. The lowest BCUT2D eigenvalue weighted by atomic mass is 10.0. The Bertz CT molecular complexity index is 906. The number of rotatable bonds is 5. The molecule has 0 amide bonds. The fourth-order valence-corrected chi connectivity index (χ4v) is 2.68. The number of halogens is 2. The molecule has 25 heavy (non-hydrogen) atoms. The molecule has 0 spiro atoms. The van der Waals surface area contributed by atoms with Crippen LogP contribution < -0.4 is 5.32 Å². The van der Waals surface area contributed by atoms with Crippen LogP contribution in [0.1, 0.15) is 17.3 Å². The average molecular weight is 358 g/mol. The monoisotopic (exact) mass is 357 g/mol. The van der Waals surface area contributed by atoms with E-state index in [1.807, 2.05) is 12.1 Å². The second-order valence-corrected chi connectivity index (χ2v) is 5.72. The summed E-state index contributed by atoms with van der Waals surface area (Å²) in [5, 5.41) is 14.2. The van der Waals surface area contributed by atoms with Crippen molar-refractivity contribution in [3.63, 3.8) is 0 Å². The van der Waals surface area contributed by atoms with Gasteiger partial charge in [0.05, 0.1) is 27.4 Å². The van der Waals surface area contributed by atoms with Crippen molar-refractivity contribution in [1.29, 1.82) is 0 Å². The zero-order valence-electron chi connectivity index (χ0n) is 12.9. The third-order valence-electron chi connectivity index (χ3n) is 3.63. The molecule has 1 aromatic heterocycles. The first-order valence-electron chi connectivity index (χ1n) is 7.41. The number of pyridine rings is 1. The number of anilines is 1. The van der Waals surface area contributed by atoms with Crippen LogP contribution in [0.5, 0.6) is 0 Å².